The number of hydrogen-bond donors (Lipinski definition) is 1. The van der Waals surface area contributed by atoms with Crippen molar-refractivity contribution in [2.75, 3.05) is 6.61 Å². The summed E-state index contributed by atoms with van der Waals surface area (Å²) in [4.78, 5) is 22.6. The van der Waals surface area contributed by atoms with Crippen LogP contribution in [0.5, 0.6) is 5.75 Å². The molecule has 1 rings (SSSR count). The van der Waals surface area contributed by atoms with Crippen LogP contribution in [0.4, 0.5) is 0 Å². The van der Waals surface area contributed by atoms with Gasteiger partial charge in [-0.1, -0.05) is 26.0 Å². The minimum atomic E-state index is -1.29. The van der Waals surface area contributed by atoms with E-state index in [0.29, 0.717) is 5.75 Å². The molecule has 0 aliphatic heterocycles. The molecule has 1 amide bonds. The molecule has 1 N–H and O–H groups in total. The van der Waals surface area contributed by atoms with E-state index in [1.807, 2.05) is 26.0 Å². The molecule has 110 valence electrons. The van der Waals surface area contributed by atoms with Crippen LogP contribution in [-0.4, -0.2) is 24.5 Å². The Kier molecular flexibility index (Phi) is 5.55. The first-order valence-electron chi connectivity index (χ1n) is 6.52. The Hall–Kier alpha value is -2.04. The Morgan fingerprint density at radius 2 is 1.95 bits per heavy atom. The molecule has 1 aromatic carbocycles. The van der Waals surface area contributed by atoms with Crippen molar-refractivity contribution in [1.82, 2.24) is 5.32 Å². The molecule has 0 saturated heterocycles. The standard InChI is InChI=1S/C15H21NO4/c1-9(2)14(15(18)19)16-13(17)8-20-12-7-5-6-10(3)11(12)4/h5-7,9,14H,8H2,1-4H3,(H,16,17)(H,18,19)/p-1/t14-/m0/s1. The summed E-state index contributed by atoms with van der Waals surface area (Å²) in [6.07, 6.45) is 0. The maximum Gasteiger partial charge on any atom is 0.258 e. The monoisotopic (exact) mass is 278 g/mol. The molecule has 0 aliphatic carbocycles. The van der Waals surface area contributed by atoms with E-state index in [9.17, 15) is 14.7 Å². The first kappa shape index (κ1) is 16.0. The largest absolute Gasteiger partial charge is 0.548 e. The lowest BCUT2D eigenvalue weighted by molar-refractivity contribution is -0.309. The third-order valence-corrected chi connectivity index (χ3v) is 3.15. The lowest BCUT2D eigenvalue weighted by atomic mass is 10.1. The molecule has 1 atom stereocenters. The number of carboxylic acids is 1. The molecule has 0 aromatic heterocycles. The first-order valence-corrected chi connectivity index (χ1v) is 6.52. The van der Waals surface area contributed by atoms with Crippen LogP contribution in [0.25, 0.3) is 0 Å². The first-order chi connectivity index (χ1) is 9.32. The zero-order valence-corrected chi connectivity index (χ0v) is 12.2. The van der Waals surface area contributed by atoms with Crippen LogP contribution in [0, 0.1) is 19.8 Å². The predicted molar refractivity (Wildman–Crippen MR) is 73.2 cm³/mol. The van der Waals surface area contributed by atoms with E-state index in [-0.39, 0.29) is 12.5 Å². The Balaban J connectivity index is 2.59. The highest BCUT2D eigenvalue weighted by Crippen LogP contribution is 2.20. The fraction of sp³-hybridized carbons (Fsp3) is 0.467. The molecule has 0 unspecified atom stereocenters. The Labute approximate surface area is 118 Å². The smallest absolute Gasteiger partial charge is 0.258 e. The topological polar surface area (TPSA) is 78.5 Å². The highest BCUT2D eigenvalue weighted by molar-refractivity contribution is 5.83. The fourth-order valence-corrected chi connectivity index (χ4v) is 1.74. The van der Waals surface area contributed by atoms with Gasteiger partial charge in [0, 0.05) is 0 Å². The number of aryl methyl sites for hydroxylation is 1. The number of nitrogens with one attached hydrogen (secondary N) is 1. The van der Waals surface area contributed by atoms with Gasteiger partial charge in [-0.3, -0.25) is 4.79 Å². The maximum atomic E-state index is 11.7. The van der Waals surface area contributed by atoms with Crippen molar-refractivity contribution in [1.29, 1.82) is 0 Å². The summed E-state index contributed by atoms with van der Waals surface area (Å²) in [7, 11) is 0. The summed E-state index contributed by atoms with van der Waals surface area (Å²) < 4.78 is 5.41. The van der Waals surface area contributed by atoms with Gasteiger partial charge >= 0.3 is 0 Å². The summed E-state index contributed by atoms with van der Waals surface area (Å²) in [6.45, 7) is 7.03. The van der Waals surface area contributed by atoms with Gasteiger partial charge in [0.2, 0.25) is 0 Å². The van der Waals surface area contributed by atoms with E-state index in [2.05, 4.69) is 5.32 Å². The third kappa shape index (κ3) is 4.26. The number of benzene rings is 1. The van der Waals surface area contributed by atoms with Gasteiger partial charge in [-0.15, -0.1) is 0 Å². The highest BCUT2D eigenvalue weighted by atomic mass is 16.5. The van der Waals surface area contributed by atoms with Crippen molar-refractivity contribution in [2.45, 2.75) is 33.7 Å². The number of carbonyl (C=O) groups excluding carboxylic acids is 2. The van der Waals surface area contributed by atoms with Gasteiger partial charge in [-0.25, -0.2) is 0 Å². The van der Waals surface area contributed by atoms with E-state index < -0.39 is 17.9 Å². The van der Waals surface area contributed by atoms with E-state index in [1.54, 1.807) is 19.9 Å². The van der Waals surface area contributed by atoms with Crippen LogP contribution in [0.15, 0.2) is 18.2 Å². The van der Waals surface area contributed by atoms with Gasteiger partial charge in [0.05, 0.1) is 12.0 Å². The average molecular weight is 278 g/mol. The Morgan fingerprint density at radius 3 is 2.50 bits per heavy atom. The molecule has 0 heterocycles. The van der Waals surface area contributed by atoms with E-state index in [0.717, 1.165) is 11.1 Å². The molecule has 0 spiro atoms. The Bertz CT molecular complexity index is 497. The number of carboxylic acid groups (broad SMARTS) is 1. The molecular weight excluding hydrogens is 258 g/mol. The second-order valence-electron chi connectivity index (χ2n) is 5.09. The molecule has 0 radical (unpaired) electrons. The minimum absolute atomic E-state index is 0.221. The number of carbonyl (C=O) groups is 2. The molecule has 0 bridgehead atoms. The van der Waals surface area contributed by atoms with Crippen LogP contribution in [-0.2, 0) is 9.59 Å². The van der Waals surface area contributed by atoms with E-state index in [1.165, 1.54) is 0 Å². The van der Waals surface area contributed by atoms with Gasteiger partial charge in [0.15, 0.2) is 6.61 Å². The van der Waals surface area contributed by atoms with Gasteiger partial charge in [0.1, 0.15) is 5.75 Å². The van der Waals surface area contributed by atoms with Gasteiger partial charge < -0.3 is 20.0 Å². The summed E-state index contributed by atoms with van der Waals surface area (Å²) in [5, 5.41) is 13.3. The fourth-order valence-electron chi connectivity index (χ4n) is 1.74. The number of ether oxygens (including phenoxy) is 1. The maximum absolute atomic E-state index is 11.7. The lowest BCUT2D eigenvalue weighted by Crippen LogP contribution is -2.51. The Morgan fingerprint density at radius 1 is 1.30 bits per heavy atom. The van der Waals surface area contributed by atoms with E-state index >= 15 is 0 Å². The SMILES string of the molecule is Cc1cccc(OCC(=O)N[C@H](C(=O)[O-])C(C)C)c1C. The number of hydrogen-bond acceptors (Lipinski definition) is 4. The van der Waals surface area contributed by atoms with Crippen molar-refractivity contribution < 1.29 is 19.4 Å². The number of amides is 1. The minimum Gasteiger partial charge on any atom is -0.548 e. The van der Waals surface area contributed by atoms with Crippen LogP contribution in [0.2, 0.25) is 0 Å². The van der Waals surface area contributed by atoms with Crippen molar-refractivity contribution in [3.05, 3.63) is 29.3 Å². The van der Waals surface area contributed by atoms with Crippen molar-refractivity contribution in [3.63, 3.8) is 0 Å². The van der Waals surface area contributed by atoms with Crippen LogP contribution in [0.1, 0.15) is 25.0 Å². The number of rotatable bonds is 6. The molecule has 0 saturated carbocycles. The summed E-state index contributed by atoms with van der Waals surface area (Å²) in [5.41, 5.74) is 2.03. The quantitative estimate of drug-likeness (QED) is 0.825. The van der Waals surface area contributed by atoms with Crippen molar-refractivity contribution >= 4 is 11.9 Å². The highest BCUT2D eigenvalue weighted by Gasteiger charge is 2.17. The third-order valence-electron chi connectivity index (χ3n) is 3.15. The summed E-state index contributed by atoms with van der Waals surface area (Å²) in [6, 6.07) is 4.56. The normalized spacial score (nSPS) is 12.1. The molecule has 0 fully saturated rings. The van der Waals surface area contributed by atoms with Gasteiger partial charge in [-0.2, -0.15) is 0 Å². The summed E-state index contributed by atoms with van der Waals surface area (Å²) in [5.74, 6) is -1.40. The zero-order chi connectivity index (χ0) is 15.3. The molecule has 0 aliphatic rings. The average Bonchev–Trinajstić information content (AvgIpc) is 2.37. The predicted octanol–water partition coefficient (Wildman–Crippen LogP) is 0.573. The summed E-state index contributed by atoms with van der Waals surface area (Å²) >= 11 is 0. The van der Waals surface area contributed by atoms with Crippen LogP contribution in [0.3, 0.4) is 0 Å². The van der Waals surface area contributed by atoms with Gasteiger partial charge in [0.25, 0.3) is 5.91 Å². The molecule has 1 aromatic rings. The molecule has 20 heavy (non-hydrogen) atoms. The van der Waals surface area contributed by atoms with Crippen LogP contribution < -0.4 is 15.2 Å². The number of aliphatic carboxylic acids is 1. The zero-order valence-electron chi connectivity index (χ0n) is 12.2. The molecule has 5 heteroatoms. The van der Waals surface area contributed by atoms with Crippen molar-refractivity contribution in [3.8, 4) is 5.75 Å². The van der Waals surface area contributed by atoms with Crippen molar-refractivity contribution in [2.24, 2.45) is 5.92 Å². The second kappa shape index (κ2) is 6.93. The lowest BCUT2D eigenvalue weighted by Gasteiger charge is -2.23. The molecular formula is C15H20NO4-. The van der Waals surface area contributed by atoms with E-state index in [4.69, 9.17) is 4.74 Å². The van der Waals surface area contributed by atoms with Gasteiger partial charge in [-0.05, 0) is 37.0 Å². The second-order valence-corrected chi connectivity index (χ2v) is 5.09. The van der Waals surface area contributed by atoms with Crippen LogP contribution >= 0.6 is 0 Å². The molecule has 5 nitrogen and oxygen atoms in total.